The van der Waals surface area contributed by atoms with Crippen LogP contribution in [-0.4, -0.2) is 31.6 Å². The molecule has 0 saturated carbocycles. The maximum absolute atomic E-state index is 12.1. The molecule has 0 fully saturated rings. The molecule has 0 aromatic heterocycles. The fourth-order valence-electron chi connectivity index (χ4n) is 2.56. The molecular formula is C21H23ClN2O4. The molecule has 0 N–H and O–H groups in total. The average Bonchev–Trinajstić information content (AvgIpc) is 2.68. The van der Waals surface area contributed by atoms with Crippen LogP contribution >= 0.6 is 11.6 Å². The second-order valence-electron chi connectivity index (χ2n) is 6.13. The van der Waals surface area contributed by atoms with Gasteiger partial charge in [-0.15, -0.1) is 0 Å². The Morgan fingerprint density at radius 3 is 2.46 bits per heavy atom. The highest BCUT2D eigenvalue weighted by Gasteiger charge is 2.20. The summed E-state index contributed by atoms with van der Waals surface area (Å²) in [5, 5.41) is 8.67. The molecule has 2 aromatic rings. The van der Waals surface area contributed by atoms with E-state index in [-0.39, 0.29) is 12.3 Å². The van der Waals surface area contributed by atoms with Crippen LogP contribution in [0.1, 0.15) is 34.7 Å². The first-order valence-corrected chi connectivity index (χ1v) is 8.98. The molecule has 0 spiro atoms. The molecule has 28 heavy (non-hydrogen) atoms. The van der Waals surface area contributed by atoms with Gasteiger partial charge in [0.25, 0.3) is 0 Å². The molecule has 0 unspecified atom stereocenters. The second-order valence-corrected chi connectivity index (χ2v) is 6.54. The number of hydrogen-bond acceptors (Lipinski definition) is 6. The Bertz CT molecular complexity index is 923. The van der Waals surface area contributed by atoms with Crippen LogP contribution in [0.15, 0.2) is 46.7 Å². The van der Waals surface area contributed by atoms with Crippen molar-refractivity contribution in [1.29, 1.82) is 0 Å². The molecule has 0 aliphatic carbocycles. The van der Waals surface area contributed by atoms with Crippen LogP contribution in [0, 0.1) is 13.8 Å². The lowest BCUT2D eigenvalue weighted by atomic mass is 9.99. The standard InChI is InChI=1S/C21H23ClN2O4/c1-13-7-6-8-17(20(24-27-5)21(25)26-4)18(13)12-28-23-15(3)16-10-9-14(2)19(22)11-16/h6-11H,12H2,1-5H3/b23-15+,24-20+. The minimum absolute atomic E-state index is 0.0679. The van der Waals surface area contributed by atoms with Gasteiger partial charge in [0.15, 0.2) is 5.71 Å². The van der Waals surface area contributed by atoms with Crippen LogP contribution in [-0.2, 0) is 25.8 Å². The fraction of sp³-hybridized carbons (Fsp3) is 0.286. The molecule has 2 aromatic carbocycles. The Kier molecular flexibility index (Phi) is 7.58. The number of esters is 1. The summed E-state index contributed by atoms with van der Waals surface area (Å²) in [6.45, 7) is 5.85. The molecule has 0 bridgehead atoms. The van der Waals surface area contributed by atoms with Gasteiger partial charge in [0.2, 0.25) is 0 Å². The van der Waals surface area contributed by atoms with Gasteiger partial charge in [-0.25, -0.2) is 4.79 Å². The van der Waals surface area contributed by atoms with Gasteiger partial charge < -0.3 is 14.4 Å². The van der Waals surface area contributed by atoms with Crippen LogP contribution in [0.4, 0.5) is 0 Å². The lowest BCUT2D eigenvalue weighted by Crippen LogP contribution is -2.20. The van der Waals surface area contributed by atoms with E-state index in [4.69, 9.17) is 26.0 Å². The monoisotopic (exact) mass is 402 g/mol. The highest BCUT2D eigenvalue weighted by molar-refractivity contribution is 6.43. The summed E-state index contributed by atoms with van der Waals surface area (Å²) in [6.07, 6.45) is 0. The van der Waals surface area contributed by atoms with Crippen LogP contribution in [0.3, 0.4) is 0 Å². The van der Waals surface area contributed by atoms with Gasteiger partial charge in [-0.3, -0.25) is 0 Å². The van der Waals surface area contributed by atoms with Gasteiger partial charge in [-0.05, 0) is 38.0 Å². The van der Waals surface area contributed by atoms with E-state index in [0.29, 0.717) is 16.3 Å². The number of aryl methyl sites for hydroxylation is 2. The van der Waals surface area contributed by atoms with E-state index < -0.39 is 5.97 Å². The predicted octanol–water partition coefficient (Wildman–Crippen LogP) is 4.42. The van der Waals surface area contributed by atoms with Gasteiger partial charge in [0.1, 0.15) is 13.7 Å². The molecule has 0 aliphatic rings. The number of hydrogen-bond donors (Lipinski definition) is 0. The summed E-state index contributed by atoms with van der Waals surface area (Å²) < 4.78 is 4.80. The second kappa shape index (κ2) is 9.90. The van der Waals surface area contributed by atoms with E-state index in [1.807, 2.05) is 51.1 Å². The molecule has 0 saturated heterocycles. The predicted molar refractivity (Wildman–Crippen MR) is 110 cm³/mol. The molecule has 0 radical (unpaired) electrons. The van der Waals surface area contributed by atoms with Crippen molar-refractivity contribution in [3.05, 3.63) is 69.2 Å². The molecule has 7 heteroatoms. The van der Waals surface area contributed by atoms with Gasteiger partial charge in [-0.1, -0.05) is 52.2 Å². The van der Waals surface area contributed by atoms with Crippen molar-refractivity contribution >= 4 is 29.0 Å². The summed E-state index contributed by atoms with van der Waals surface area (Å²) in [4.78, 5) is 22.4. The Balaban J connectivity index is 2.27. The molecule has 2 rings (SSSR count). The lowest BCUT2D eigenvalue weighted by molar-refractivity contribution is -0.132. The maximum atomic E-state index is 12.1. The van der Waals surface area contributed by atoms with E-state index in [9.17, 15) is 4.79 Å². The fourth-order valence-corrected chi connectivity index (χ4v) is 2.74. The van der Waals surface area contributed by atoms with Crippen LogP contribution in [0.25, 0.3) is 0 Å². The highest BCUT2D eigenvalue weighted by atomic mass is 35.5. The van der Waals surface area contributed by atoms with E-state index >= 15 is 0 Å². The summed E-state index contributed by atoms with van der Waals surface area (Å²) in [6, 6.07) is 11.2. The first-order valence-electron chi connectivity index (χ1n) is 8.60. The first kappa shape index (κ1) is 21.4. The third-order valence-corrected chi connectivity index (χ3v) is 4.63. The van der Waals surface area contributed by atoms with Crippen LogP contribution in [0.2, 0.25) is 5.02 Å². The number of ether oxygens (including phenoxy) is 1. The third kappa shape index (κ3) is 5.10. The SMILES string of the molecule is CO/N=C(/C(=O)OC)c1cccc(C)c1CO/N=C(\C)c1ccc(C)c(Cl)c1. The minimum atomic E-state index is -0.595. The largest absolute Gasteiger partial charge is 0.464 e. The van der Waals surface area contributed by atoms with Crippen molar-refractivity contribution in [2.45, 2.75) is 27.4 Å². The molecule has 6 nitrogen and oxygen atoms in total. The summed E-state index contributed by atoms with van der Waals surface area (Å²) in [7, 11) is 2.66. The lowest BCUT2D eigenvalue weighted by Gasteiger charge is -2.12. The molecule has 0 amide bonds. The van der Waals surface area contributed by atoms with Crippen molar-refractivity contribution in [1.82, 2.24) is 0 Å². The Morgan fingerprint density at radius 2 is 1.82 bits per heavy atom. The molecular weight excluding hydrogens is 380 g/mol. The zero-order valence-electron chi connectivity index (χ0n) is 16.6. The zero-order valence-corrected chi connectivity index (χ0v) is 17.3. The Hall–Kier alpha value is -2.86. The van der Waals surface area contributed by atoms with Crippen molar-refractivity contribution in [3.63, 3.8) is 0 Å². The normalized spacial score (nSPS) is 11.9. The van der Waals surface area contributed by atoms with Crippen molar-refractivity contribution in [2.24, 2.45) is 10.3 Å². The number of halogens is 1. The summed E-state index contributed by atoms with van der Waals surface area (Å²) in [5.41, 5.74) is 4.89. The summed E-state index contributed by atoms with van der Waals surface area (Å²) in [5.74, 6) is -0.595. The number of oxime groups is 2. The van der Waals surface area contributed by atoms with Crippen LogP contribution in [0.5, 0.6) is 0 Å². The van der Waals surface area contributed by atoms with Crippen molar-refractivity contribution in [3.8, 4) is 0 Å². The van der Waals surface area contributed by atoms with Crippen molar-refractivity contribution in [2.75, 3.05) is 14.2 Å². The number of carbonyl (C=O) groups excluding carboxylic acids is 1. The zero-order chi connectivity index (χ0) is 20.7. The Labute approximate surface area is 169 Å². The quantitative estimate of drug-likeness (QED) is 0.390. The van der Waals surface area contributed by atoms with Gasteiger partial charge in [0, 0.05) is 21.7 Å². The molecule has 148 valence electrons. The molecule has 0 atom stereocenters. The first-order chi connectivity index (χ1) is 13.4. The third-order valence-electron chi connectivity index (χ3n) is 4.23. The van der Waals surface area contributed by atoms with Gasteiger partial charge in [0.05, 0.1) is 12.8 Å². The van der Waals surface area contributed by atoms with Crippen LogP contribution < -0.4 is 0 Å². The van der Waals surface area contributed by atoms with E-state index in [1.165, 1.54) is 14.2 Å². The number of benzene rings is 2. The topological polar surface area (TPSA) is 69.5 Å². The number of rotatable bonds is 7. The van der Waals surface area contributed by atoms with E-state index in [0.717, 1.165) is 22.3 Å². The van der Waals surface area contributed by atoms with E-state index in [1.54, 1.807) is 6.07 Å². The summed E-state index contributed by atoms with van der Waals surface area (Å²) >= 11 is 6.17. The average molecular weight is 403 g/mol. The molecule has 0 aliphatic heterocycles. The smallest absolute Gasteiger partial charge is 0.360 e. The van der Waals surface area contributed by atoms with E-state index in [2.05, 4.69) is 10.3 Å². The van der Waals surface area contributed by atoms with Crippen molar-refractivity contribution < 1.29 is 19.2 Å². The Morgan fingerprint density at radius 1 is 1.07 bits per heavy atom. The highest BCUT2D eigenvalue weighted by Crippen LogP contribution is 2.19. The number of carbonyl (C=O) groups is 1. The maximum Gasteiger partial charge on any atom is 0.360 e. The van der Waals surface area contributed by atoms with Gasteiger partial charge in [-0.2, -0.15) is 0 Å². The molecule has 0 heterocycles. The number of nitrogens with zero attached hydrogens (tertiary/aromatic N) is 2. The van der Waals surface area contributed by atoms with Gasteiger partial charge >= 0.3 is 5.97 Å². The number of methoxy groups -OCH3 is 1. The minimum Gasteiger partial charge on any atom is -0.464 e.